The van der Waals surface area contributed by atoms with E-state index in [1.54, 1.807) is 30.6 Å². The van der Waals surface area contributed by atoms with Crippen molar-refractivity contribution in [3.05, 3.63) is 89.7 Å². The summed E-state index contributed by atoms with van der Waals surface area (Å²) >= 11 is 0. The molecule has 1 aromatic heterocycles. The van der Waals surface area contributed by atoms with E-state index >= 15 is 0 Å². The highest BCUT2D eigenvalue weighted by Gasteiger charge is 2.18. The first kappa shape index (κ1) is 23.4. The quantitative estimate of drug-likeness (QED) is 0.506. The predicted octanol–water partition coefficient (Wildman–Crippen LogP) is 3.58. The topological polar surface area (TPSA) is 77.6 Å². The number of rotatable bonds is 8. The minimum Gasteiger partial charge on any atom is -0.369 e. The molecule has 2 N–H and O–H groups in total. The number of hydrogen-bond acceptors (Lipinski definition) is 5. The van der Waals surface area contributed by atoms with Crippen molar-refractivity contribution < 1.29 is 9.59 Å². The largest absolute Gasteiger partial charge is 0.369 e. The number of amides is 2. The van der Waals surface area contributed by atoms with Gasteiger partial charge in [0.2, 0.25) is 0 Å². The SMILES string of the molecule is Cc1cccc(C(=O)NCCCN2CCN(c3ccccc3)CC2)c1NC(=O)c1ccncc1. The first-order chi connectivity index (χ1) is 16.6. The molecule has 0 bridgehead atoms. The molecule has 176 valence electrons. The maximum absolute atomic E-state index is 12.9. The third kappa shape index (κ3) is 5.99. The maximum Gasteiger partial charge on any atom is 0.255 e. The van der Waals surface area contributed by atoms with E-state index in [9.17, 15) is 9.59 Å². The molecule has 7 nitrogen and oxygen atoms in total. The molecule has 34 heavy (non-hydrogen) atoms. The highest BCUT2D eigenvalue weighted by molar-refractivity contribution is 6.09. The number of anilines is 2. The van der Waals surface area contributed by atoms with Crippen molar-refractivity contribution in [2.24, 2.45) is 0 Å². The Balaban J connectivity index is 1.25. The van der Waals surface area contributed by atoms with Crippen LogP contribution in [-0.4, -0.2) is 61.0 Å². The van der Waals surface area contributed by atoms with Crippen molar-refractivity contribution >= 4 is 23.2 Å². The number of carbonyl (C=O) groups is 2. The fourth-order valence-electron chi connectivity index (χ4n) is 4.18. The van der Waals surface area contributed by atoms with Crippen LogP contribution >= 0.6 is 0 Å². The molecule has 2 aromatic carbocycles. The lowest BCUT2D eigenvalue weighted by Crippen LogP contribution is -2.47. The summed E-state index contributed by atoms with van der Waals surface area (Å²) in [6.07, 6.45) is 4.02. The van der Waals surface area contributed by atoms with Crippen LogP contribution in [0.25, 0.3) is 0 Å². The second kappa shape index (κ2) is 11.4. The molecule has 7 heteroatoms. The van der Waals surface area contributed by atoms with Crippen LogP contribution in [0.3, 0.4) is 0 Å². The number of nitrogens with one attached hydrogen (secondary N) is 2. The van der Waals surface area contributed by atoms with Crippen LogP contribution < -0.4 is 15.5 Å². The van der Waals surface area contributed by atoms with Gasteiger partial charge in [-0.3, -0.25) is 19.5 Å². The van der Waals surface area contributed by atoms with Crippen molar-refractivity contribution in [3.63, 3.8) is 0 Å². The summed E-state index contributed by atoms with van der Waals surface area (Å²) in [6.45, 7) is 7.48. The lowest BCUT2D eigenvalue weighted by Gasteiger charge is -2.36. The molecule has 2 heterocycles. The van der Waals surface area contributed by atoms with Crippen LogP contribution in [-0.2, 0) is 0 Å². The zero-order chi connectivity index (χ0) is 23.8. The highest BCUT2D eigenvalue weighted by atomic mass is 16.2. The summed E-state index contributed by atoms with van der Waals surface area (Å²) in [6, 6.07) is 19.3. The van der Waals surface area contributed by atoms with E-state index in [0.717, 1.165) is 44.7 Å². The summed E-state index contributed by atoms with van der Waals surface area (Å²) in [5.41, 5.74) is 3.63. The van der Waals surface area contributed by atoms with E-state index in [0.29, 0.717) is 23.4 Å². The molecule has 1 fully saturated rings. The molecule has 2 amide bonds. The number of benzene rings is 2. The van der Waals surface area contributed by atoms with Crippen molar-refractivity contribution in [1.82, 2.24) is 15.2 Å². The minimum atomic E-state index is -0.264. The van der Waals surface area contributed by atoms with Crippen LogP contribution in [0.2, 0.25) is 0 Å². The van der Waals surface area contributed by atoms with Crippen LogP contribution in [0.15, 0.2) is 73.1 Å². The molecule has 4 rings (SSSR count). The van der Waals surface area contributed by atoms with Gasteiger partial charge in [0.15, 0.2) is 0 Å². The van der Waals surface area contributed by atoms with Crippen molar-refractivity contribution in [3.8, 4) is 0 Å². The smallest absolute Gasteiger partial charge is 0.255 e. The zero-order valence-corrected chi connectivity index (χ0v) is 19.5. The lowest BCUT2D eigenvalue weighted by molar-refractivity contribution is 0.0952. The molecule has 0 aliphatic carbocycles. The van der Waals surface area contributed by atoms with Crippen LogP contribution in [0, 0.1) is 6.92 Å². The first-order valence-corrected chi connectivity index (χ1v) is 11.7. The van der Waals surface area contributed by atoms with Gasteiger partial charge < -0.3 is 15.5 Å². The van der Waals surface area contributed by atoms with Gasteiger partial charge in [-0.2, -0.15) is 0 Å². The number of hydrogen-bond donors (Lipinski definition) is 2. The molecule has 0 atom stereocenters. The summed E-state index contributed by atoms with van der Waals surface area (Å²) in [7, 11) is 0. The summed E-state index contributed by atoms with van der Waals surface area (Å²) < 4.78 is 0. The summed E-state index contributed by atoms with van der Waals surface area (Å²) in [4.78, 5) is 34.3. The number of para-hydroxylation sites is 2. The molecule has 0 unspecified atom stereocenters. The Bertz CT molecular complexity index is 1100. The Morgan fingerprint density at radius 3 is 2.35 bits per heavy atom. The molecular formula is C27H31N5O2. The van der Waals surface area contributed by atoms with E-state index in [1.165, 1.54) is 5.69 Å². The monoisotopic (exact) mass is 457 g/mol. The number of piperazine rings is 1. The molecule has 1 aliphatic heterocycles. The van der Waals surface area contributed by atoms with Gasteiger partial charge >= 0.3 is 0 Å². The van der Waals surface area contributed by atoms with Gasteiger partial charge in [-0.1, -0.05) is 30.3 Å². The van der Waals surface area contributed by atoms with E-state index in [4.69, 9.17) is 0 Å². The summed E-state index contributed by atoms with van der Waals surface area (Å²) in [5, 5.41) is 5.91. The fraction of sp³-hybridized carbons (Fsp3) is 0.296. The highest BCUT2D eigenvalue weighted by Crippen LogP contribution is 2.21. The summed E-state index contributed by atoms with van der Waals surface area (Å²) in [5.74, 6) is -0.442. The number of nitrogens with zero attached hydrogens (tertiary/aromatic N) is 3. The Morgan fingerprint density at radius 2 is 1.62 bits per heavy atom. The average molecular weight is 458 g/mol. The van der Waals surface area contributed by atoms with Crippen LogP contribution in [0.4, 0.5) is 11.4 Å². The predicted molar refractivity (Wildman–Crippen MR) is 135 cm³/mol. The molecule has 1 saturated heterocycles. The number of aryl methyl sites for hydroxylation is 1. The van der Waals surface area contributed by atoms with Crippen molar-refractivity contribution in [1.29, 1.82) is 0 Å². The number of aromatic nitrogens is 1. The molecular weight excluding hydrogens is 426 g/mol. The Labute approximate surface area is 200 Å². The third-order valence-corrected chi connectivity index (χ3v) is 6.13. The minimum absolute atomic E-state index is 0.178. The second-order valence-electron chi connectivity index (χ2n) is 8.46. The molecule has 0 saturated carbocycles. The van der Waals surface area contributed by atoms with E-state index in [-0.39, 0.29) is 11.8 Å². The van der Waals surface area contributed by atoms with Crippen LogP contribution in [0.5, 0.6) is 0 Å². The zero-order valence-electron chi connectivity index (χ0n) is 19.5. The normalized spacial score (nSPS) is 14.0. The standard InChI is InChI=1S/C27H31N5O2/c1-21-7-5-10-24(25(21)30-26(33)22-11-14-28-15-12-22)27(34)29-13-6-16-31-17-19-32(20-18-31)23-8-3-2-4-9-23/h2-5,7-12,14-15H,6,13,16-20H2,1H3,(H,29,34)(H,30,33). The fourth-order valence-corrected chi connectivity index (χ4v) is 4.18. The van der Waals surface area contributed by atoms with Crippen molar-refractivity contribution in [2.45, 2.75) is 13.3 Å². The Kier molecular flexibility index (Phi) is 7.88. The average Bonchev–Trinajstić information content (AvgIpc) is 2.89. The molecule has 1 aliphatic rings. The maximum atomic E-state index is 12.9. The lowest BCUT2D eigenvalue weighted by atomic mass is 10.1. The second-order valence-corrected chi connectivity index (χ2v) is 8.46. The van der Waals surface area contributed by atoms with Crippen molar-refractivity contribution in [2.75, 3.05) is 49.5 Å². The van der Waals surface area contributed by atoms with E-state index in [1.807, 2.05) is 25.1 Å². The van der Waals surface area contributed by atoms with Gasteiger partial charge in [-0.25, -0.2) is 0 Å². The van der Waals surface area contributed by atoms with E-state index < -0.39 is 0 Å². The van der Waals surface area contributed by atoms with Gasteiger partial charge in [0, 0.05) is 56.4 Å². The first-order valence-electron chi connectivity index (χ1n) is 11.7. The number of pyridine rings is 1. The van der Waals surface area contributed by atoms with Gasteiger partial charge in [-0.05, 0) is 55.8 Å². The molecule has 0 spiro atoms. The van der Waals surface area contributed by atoms with E-state index in [2.05, 4.69) is 49.7 Å². The van der Waals surface area contributed by atoms with Crippen LogP contribution in [0.1, 0.15) is 32.7 Å². The number of carbonyl (C=O) groups excluding carboxylic acids is 2. The Hall–Kier alpha value is -3.71. The van der Waals surface area contributed by atoms with Gasteiger partial charge in [0.1, 0.15) is 0 Å². The molecule has 0 radical (unpaired) electrons. The van der Waals surface area contributed by atoms with Gasteiger partial charge in [-0.15, -0.1) is 0 Å². The Morgan fingerprint density at radius 1 is 0.882 bits per heavy atom. The van der Waals surface area contributed by atoms with Gasteiger partial charge in [0.25, 0.3) is 11.8 Å². The third-order valence-electron chi connectivity index (χ3n) is 6.13. The van der Waals surface area contributed by atoms with Gasteiger partial charge in [0.05, 0.1) is 11.3 Å². The molecule has 3 aromatic rings.